The van der Waals surface area contributed by atoms with E-state index in [0.717, 1.165) is 36.2 Å². The molecule has 102 valence electrons. The van der Waals surface area contributed by atoms with E-state index >= 15 is 0 Å². The van der Waals surface area contributed by atoms with Gasteiger partial charge in [-0.3, -0.25) is 0 Å². The molecule has 0 amide bonds. The molecule has 0 aromatic heterocycles. The lowest BCUT2D eigenvalue weighted by molar-refractivity contribution is 0.412. The largest absolute Gasteiger partial charge is 0.496 e. The fraction of sp³-hybridized carbons (Fsp3) is 0.571. The average molecular weight is 315 g/mol. The minimum atomic E-state index is -0.0872. The molecule has 1 rings (SSSR count). The molecule has 1 aromatic carbocycles. The Balaban J connectivity index is 2.29. The Hall–Kier alpha value is -0.580. The fourth-order valence-corrected chi connectivity index (χ4v) is 2.22. The zero-order valence-corrected chi connectivity index (χ0v) is 13.0. The molecule has 0 radical (unpaired) electrons. The van der Waals surface area contributed by atoms with Crippen molar-refractivity contribution in [2.24, 2.45) is 5.73 Å². The molecule has 18 heavy (non-hydrogen) atoms. The first-order valence-electron chi connectivity index (χ1n) is 6.24. The van der Waals surface area contributed by atoms with E-state index in [-0.39, 0.29) is 5.54 Å². The quantitative estimate of drug-likeness (QED) is 0.761. The van der Waals surface area contributed by atoms with Crippen LogP contribution in [0.4, 0.5) is 0 Å². The highest BCUT2D eigenvalue weighted by Gasteiger charge is 2.08. The van der Waals surface area contributed by atoms with Crippen LogP contribution in [0.3, 0.4) is 0 Å². The van der Waals surface area contributed by atoms with Crippen molar-refractivity contribution < 1.29 is 4.74 Å². The van der Waals surface area contributed by atoms with Crippen LogP contribution in [0.2, 0.25) is 0 Å². The maximum absolute atomic E-state index is 5.92. The first kappa shape index (κ1) is 15.5. The van der Waals surface area contributed by atoms with Crippen LogP contribution in [0.1, 0.15) is 25.8 Å². The van der Waals surface area contributed by atoms with Crippen LogP contribution in [0.5, 0.6) is 5.75 Å². The van der Waals surface area contributed by atoms with E-state index < -0.39 is 0 Å². The highest BCUT2D eigenvalue weighted by Crippen LogP contribution is 2.25. The molecule has 0 bridgehead atoms. The van der Waals surface area contributed by atoms with Gasteiger partial charge in [0.05, 0.1) is 11.6 Å². The number of nitrogens with two attached hydrogens (primary N) is 1. The molecule has 0 spiro atoms. The number of benzene rings is 1. The summed E-state index contributed by atoms with van der Waals surface area (Å²) in [5.41, 5.74) is 7.13. The van der Waals surface area contributed by atoms with E-state index in [1.54, 1.807) is 7.11 Å². The van der Waals surface area contributed by atoms with Crippen molar-refractivity contribution in [3.63, 3.8) is 0 Å². The summed E-state index contributed by atoms with van der Waals surface area (Å²) in [5, 5.41) is 3.41. The normalized spacial score (nSPS) is 11.6. The van der Waals surface area contributed by atoms with Gasteiger partial charge in [-0.2, -0.15) is 0 Å². The second-order valence-corrected chi connectivity index (χ2v) is 6.06. The molecule has 0 saturated carbocycles. The molecular formula is C14H23BrN2O. The standard InChI is InChI=1S/C14H23BrN2O/c1-14(2,16)7-9-17-8-6-11-4-5-13(18-3)12(15)10-11/h4-5,10,17H,6-9,16H2,1-3H3. The number of methoxy groups -OCH3 is 1. The first-order chi connectivity index (χ1) is 8.42. The summed E-state index contributed by atoms with van der Waals surface area (Å²) in [6.45, 7) is 6.03. The summed E-state index contributed by atoms with van der Waals surface area (Å²) < 4.78 is 6.21. The Morgan fingerprint density at radius 2 is 2.06 bits per heavy atom. The summed E-state index contributed by atoms with van der Waals surface area (Å²) in [4.78, 5) is 0. The molecule has 1 aromatic rings. The van der Waals surface area contributed by atoms with E-state index in [2.05, 4.69) is 47.2 Å². The highest BCUT2D eigenvalue weighted by atomic mass is 79.9. The molecule has 0 saturated heterocycles. The molecule has 3 N–H and O–H groups in total. The van der Waals surface area contributed by atoms with Crippen molar-refractivity contribution in [3.8, 4) is 5.75 Å². The van der Waals surface area contributed by atoms with Crippen molar-refractivity contribution in [3.05, 3.63) is 28.2 Å². The van der Waals surface area contributed by atoms with Crippen LogP contribution in [-0.4, -0.2) is 25.7 Å². The van der Waals surface area contributed by atoms with Crippen LogP contribution < -0.4 is 15.8 Å². The topological polar surface area (TPSA) is 47.3 Å². The van der Waals surface area contributed by atoms with Crippen LogP contribution >= 0.6 is 15.9 Å². The van der Waals surface area contributed by atoms with Crippen molar-refractivity contribution >= 4 is 15.9 Å². The van der Waals surface area contributed by atoms with E-state index in [1.165, 1.54) is 5.56 Å². The number of rotatable bonds is 7. The van der Waals surface area contributed by atoms with Crippen molar-refractivity contribution in [2.75, 3.05) is 20.2 Å². The minimum absolute atomic E-state index is 0.0872. The molecule has 0 fully saturated rings. The van der Waals surface area contributed by atoms with Crippen LogP contribution in [0.25, 0.3) is 0 Å². The molecule has 3 nitrogen and oxygen atoms in total. The van der Waals surface area contributed by atoms with E-state index in [1.807, 2.05) is 6.07 Å². The SMILES string of the molecule is COc1ccc(CCNCCC(C)(C)N)cc1Br. The van der Waals surface area contributed by atoms with Gasteiger partial charge in [-0.25, -0.2) is 0 Å². The Bertz CT molecular complexity index is 375. The fourth-order valence-electron chi connectivity index (χ4n) is 1.63. The van der Waals surface area contributed by atoms with Gasteiger partial charge < -0.3 is 15.8 Å². The third-order valence-electron chi connectivity index (χ3n) is 2.75. The van der Waals surface area contributed by atoms with Gasteiger partial charge in [0.15, 0.2) is 0 Å². The highest BCUT2D eigenvalue weighted by molar-refractivity contribution is 9.10. The van der Waals surface area contributed by atoms with E-state index in [4.69, 9.17) is 10.5 Å². The second-order valence-electron chi connectivity index (χ2n) is 5.21. The van der Waals surface area contributed by atoms with Gasteiger partial charge in [-0.05, 0) is 73.4 Å². The predicted octanol–water partition coefficient (Wildman–Crippen LogP) is 2.72. The smallest absolute Gasteiger partial charge is 0.133 e. The Kier molecular flexibility index (Phi) is 6.12. The van der Waals surface area contributed by atoms with Crippen molar-refractivity contribution in [2.45, 2.75) is 32.2 Å². The van der Waals surface area contributed by atoms with Gasteiger partial charge in [0.2, 0.25) is 0 Å². The number of ether oxygens (including phenoxy) is 1. The number of nitrogens with one attached hydrogen (secondary N) is 1. The van der Waals surface area contributed by atoms with Gasteiger partial charge in [0.25, 0.3) is 0 Å². The summed E-state index contributed by atoms with van der Waals surface area (Å²) >= 11 is 3.49. The van der Waals surface area contributed by atoms with Gasteiger partial charge in [0, 0.05) is 5.54 Å². The molecule has 0 atom stereocenters. The number of hydrogen-bond acceptors (Lipinski definition) is 3. The monoisotopic (exact) mass is 314 g/mol. The lowest BCUT2D eigenvalue weighted by Crippen LogP contribution is -2.36. The Labute approximate surface area is 118 Å². The van der Waals surface area contributed by atoms with E-state index in [9.17, 15) is 0 Å². The molecular weight excluding hydrogens is 292 g/mol. The molecule has 0 heterocycles. The van der Waals surface area contributed by atoms with Gasteiger partial charge in [-0.1, -0.05) is 6.07 Å². The zero-order chi connectivity index (χ0) is 13.6. The average Bonchev–Trinajstić information content (AvgIpc) is 2.27. The molecule has 0 aliphatic heterocycles. The summed E-state index contributed by atoms with van der Waals surface area (Å²) in [5.74, 6) is 0.872. The molecule has 4 heteroatoms. The van der Waals surface area contributed by atoms with Crippen molar-refractivity contribution in [1.82, 2.24) is 5.32 Å². The molecule has 0 aliphatic carbocycles. The minimum Gasteiger partial charge on any atom is -0.496 e. The van der Waals surface area contributed by atoms with Crippen molar-refractivity contribution in [1.29, 1.82) is 0 Å². The summed E-state index contributed by atoms with van der Waals surface area (Å²) in [6.07, 6.45) is 1.99. The van der Waals surface area contributed by atoms with Crippen LogP contribution in [0.15, 0.2) is 22.7 Å². The van der Waals surface area contributed by atoms with Gasteiger partial charge >= 0.3 is 0 Å². The molecule has 0 aliphatic rings. The van der Waals surface area contributed by atoms with Gasteiger partial charge in [-0.15, -0.1) is 0 Å². The maximum atomic E-state index is 5.92. The number of hydrogen-bond donors (Lipinski definition) is 2. The maximum Gasteiger partial charge on any atom is 0.133 e. The predicted molar refractivity (Wildman–Crippen MR) is 80.2 cm³/mol. The van der Waals surface area contributed by atoms with E-state index in [0.29, 0.717) is 0 Å². The lowest BCUT2D eigenvalue weighted by Gasteiger charge is -2.18. The van der Waals surface area contributed by atoms with Crippen LogP contribution in [-0.2, 0) is 6.42 Å². The Morgan fingerprint density at radius 3 is 2.61 bits per heavy atom. The molecule has 0 unspecified atom stereocenters. The second kappa shape index (κ2) is 7.12. The first-order valence-corrected chi connectivity index (χ1v) is 7.04. The summed E-state index contributed by atoms with van der Waals surface area (Å²) in [6, 6.07) is 6.19. The van der Waals surface area contributed by atoms with Crippen LogP contribution in [0, 0.1) is 0 Å². The third kappa shape index (κ3) is 5.85. The lowest BCUT2D eigenvalue weighted by atomic mass is 10.0. The number of halogens is 1. The zero-order valence-electron chi connectivity index (χ0n) is 11.4. The third-order valence-corrected chi connectivity index (χ3v) is 3.37. The summed E-state index contributed by atoms with van der Waals surface area (Å²) in [7, 11) is 1.68. The Morgan fingerprint density at radius 1 is 1.33 bits per heavy atom. The van der Waals surface area contributed by atoms with Gasteiger partial charge in [0.1, 0.15) is 5.75 Å².